The predicted molar refractivity (Wildman–Crippen MR) is 93.7 cm³/mol. The van der Waals surface area contributed by atoms with Crippen LogP contribution in [-0.4, -0.2) is 36.7 Å². The molecule has 0 radical (unpaired) electrons. The molecule has 0 N–H and O–H groups in total. The van der Waals surface area contributed by atoms with Crippen molar-refractivity contribution >= 4 is 23.4 Å². The summed E-state index contributed by atoms with van der Waals surface area (Å²) < 4.78 is 37.9. The molecular formula is C18H9ClF3N5O2. The third-order valence-corrected chi connectivity index (χ3v) is 4.32. The third-order valence-electron chi connectivity index (χ3n) is 4.15. The Bertz CT molecular complexity index is 1100. The van der Waals surface area contributed by atoms with Crippen molar-refractivity contribution in [3.8, 4) is 11.3 Å². The van der Waals surface area contributed by atoms with Gasteiger partial charge in [-0.1, -0.05) is 12.1 Å². The van der Waals surface area contributed by atoms with E-state index in [1.165, 1.54) is 6.07 Å². The van der Waals surface area contributed by atoms with Crippen molar-refractivity contribution in [3.05, 3.63) is 70.7 Å². The van der Waals surface area contributed by atoms with Gasteiger partial charge in [-0.3, -0.25) is 14.5 Å². The Morgan fingerprint density at radius 2 is 1.55 bits per heavy atom. The Balaban J connectivity index is 1.63. The molecule has 2 aromatic heterocycles. The first-order valence-electron chi connectivity index (χ1n) is 8.12. The van der Waals surface area contributed by atoms with Gasteiger partial charge in [-0.2, -0.15) is 13.2 Å². The molecule has 0 fully saturated rings. The quantitative estimate of drug-likeness (QED) is 0.477. The summed E-state index contributed by atoms with van der Waals surface area (Å²) in [6, 6.07) is 7.80. The van der Waals surface area contributed by atoms with Crippen LogP contribution in [0.5, 0.6) is 0 Å². The van der Waals surface area contributed by atoms with Crippen molar-refractivity contribution in [2.45, 2.75) is 12.7 Å². The Kier molecular flexibility index (Phi) is 4.50. The van der Waals surface area contributed by atoms with E-state index in [2.05, 4.69) is 19.9 Å². The molecule has 0 unspecified atom stereocenters. The number of carbonyl (C=O) groups excluding carboxylic acids is 2. The summed E-state index contributed by atoms with van der Waals surface area (Å²) in [5.41, 5.74) is 1.13. The van der Waals surface area contributed by atoms with E-state index in [9.17, 15) is 22.8 Å². The zero-order valence-corrected chi connectivity index (χ0v) is 15.1. The molecule has 1 aromatic carbocycles. The molecule has 2 amide bonds. The molecule has 0 saturated carbocycles. The highest BCUT2D eigenvalue weighted by molar-refractivity contribution is 6.28. The second-order valence-electron chi connectivity index (χ2n) is 6.05. The fourth-order valence-electron chi connectivity index (χ4n) is 2.85. The van der Waals surface area contributed by atoms with Crippen molar-refractivity contribution < 1.29 is 22.8 Å². The summed E-state index contributed by atoms with van der Waals surface area (Å²) >= 11 is 5.92. The van der Waals surface area contributed by atoms with Crippen molar-refractivity contribution in [3.63, 3.8) is 0 Å². The van der Waals surface area contributed by atoms with Gasteiger partial charge in [-0.25, -0.2) is 19.9 Å². The summed E-state index contributed by atoms with van der Waals surface area (Å²) in [6.45, 7) is -0.178. The van der Waals surface area contributed by atoms with Gasteiger partial charge in [0.25, 0.3) is 11.8 Å². The smallest absolute Gasteiger partial charge is 0.269 e. The van der Waals surface area contributed by atoms with Crippen LogP contribution in [0.1, 0.15) is 32.2 Å². The summed E-state index contributed by atoms with van der Waals surface area (Å²) in [6.07, 6.45) is -2.75. The first kappa shape index (κ1) is 18.9. The number of halogens is 4. The minimum atomic E-state index is -4.67. The molecule has 0 atom stereocenters. The molecule has 4 rings (SSSR count). The minimum Gasteiger partial charge on any atom is -0.269 e. The number of amides is 2. The Labute approximate surface area is 166 Å². The molecule has 11 heteroatoms. The van der Waals surface area contributed by atoms with E-state index in [0.717, 1.165) is 17.3 Å². The van der Waals surface area contributed by atoms with Crippen LogP contribution in [0.15, 0.2) is 42.7 Å². The van der Waals surface area contributed by atoms with Gasteiger partial charge in [0.05, 0.1) is 29.1 Å². The monoisotopic (exact) mass is 419 g/mol. The SMILES string of the molecule is O=C1c2ccccc2C(=O)N1Cc1cc(-c2cnc(C(F)(F)F)nc2)nc(Cl)n1. The molecule has 0 aliphatic carbocycles. The summed E-state index contributed by atoms with van der Waals surface area (Å²) in [5.74, 6) is -2.23. The second kappa shape index (κ2) is 6.89. The maximum Gasteiger partial charge on any atom is 0.451 e. The first-order chi connectivity index (χ1) is 13.7. The zero-order chi connectivity index (χ0) is 20.8. The minimum absolute atomic E-state index is 0.158. The summed E-state index contributed by atoms with van der Waals surface area (Å²) in [5, 5.41) is -0.200. The molecule has 29 heavy (non-hydrogen) atoms. The van der Waals surface area contributed by atoms with Crippen molar-refractivity contribution in [2.24, 2.45) is 0 Å². The van der Waals surface area contributed by atoms with Crippen molar-refractivity contribution in [2.75, 3.05) is 0 Å². The van der Waals surface area contributed by atoms with Gasteiger partial charge in [0, 0.05) is 18.0 Å². The van der Waals surface area contributed by atoms with Gasteiger partial charge >= 0.3 is 6.18 Å². The number of aromatic nitrogens is 4. The van der Waals surface area contributed by atoms with Gasteiger partial charge in [0.2, 0.25) is 11.1 Å². The third kappa shape index (κ3) is 3.54. The number of imide groups is 1. The molecule has 146 valence electrons. The largest absolute Gasteiger partial charge is 0.451 e. The number of carbonyl (C=O) groups is 2. The molecule has 3 heterocycles. The lowest BCUT2D eigenvalue weighted by atomic mass is 10.1. The van der Waals surface area contributed by atoms with E-state index in [-0.39, 0.29) is 39.9 Å². The van der Waals surface area contributed by atoms with Crippen LogP contribution in [0.3, 0.4) is 0 Å². The lowest BCUT2D eigenvalue weighted by molar-refractivity contribution is -0.145. The van der Waals surface area contributed by atoms with E-state index >= 15 is 0 Å². The molecule has 1 aliphatic rings. The van der Waals surface area contributed by atoms with Crippen LogP contribution in [0.2, 0.25) is 5.28 Å². The van der Waals surface area contributed by atoms with Crippen LogP contribution in [0, 0.1) is 0 Å². The van der Waals surface area contributed by atoms with Crippen LogP contribution < -0.4 is 0 Å². The number of alkyl halides is 3. The molecule has 0 spiro atoms. The highest BCUT2D eigenvalue weighted by Crippen LogP contribution is 2.28. The van der Waals surface area contributed by atoms with Crippen LogP contribution in [0.25, 0.3) is 11.3 Å². The Morgan fingerprint density at radius 1 is 0.966 bits per heavy atom. The van der Waals surface area contributed by atoms with E-state index in [1.807, 2.05) is 0 Å². The second-order valence-corrected chi connectivity index (χ2v) is 6.39. The van der Waals surface area contributed by atoms with Gasteiger partial charge in [0.15, 0.2) is 0 Å². The molecule has 7 nitrogen and oxygen atoms in total. The zero-order valence-electron chi connectivity index (χ0n) is 14.3. The normalized spacial score (nSPS) is 13.7. The maximum absolute atomic E-state index is 12.6. The Hall–Kier alpha value is -3.40. The summed E-state index contributed by atoms with van der Waals surface area (Å²) in [4.78, 5) is 40.5. The molecule has 0 bridgehead atoms. The number of benzene rings is 1. The fourth-order valence-corrected chi connectivity index (χ4v) is 3.05. The molecule has 0 saturated heterocycles. The van der Waals surface area contributed by atoms with Crippen LogP contribution >= 0.6 is 11.6 Å². The number of nitrogens with zero attached hydrogens (tertiary/aromatic N) is 5. The van der Waals surface area contributed by atoms with Crippen molar-refractivity contribution in [1.82, 2.24) is 24.8 Å². The first-order valence-corrected chi connectivity index (χ1v) is 8.50. The van der Waals surface area contributed by atoms with Crippen LogP contribution in [0.4, 0.5) is 13.2 Å². The van der Waals surface area contributed by atoms with Gasteiger partial charge in [-0.15, -0.1) is 0 Å². The van der Waals surface area contributed by atoms with Gasteiger partial charge < -0.3 is 0 Å². The average molecular weight is 420 g/mol. The predicted octanol–water partition coefficient (Wildman–Crippen LogP) is 3.40. The highest BCUT2D eigenvalue weighted by Gasteiger charge is 2.36. The van der Waals surface area contributed by atoms with E-state index in [1.54, 1.807) is 24.3 Å². The number of fused-ring (bicyclic) bond motifs is 1. The maximum atomic E-state index is 12.6. The van der Waals surface area contributed by atoms with Crippen LogP contribution in [-0.2, 0) is 12.7 Å². The lowest BCUT2D eigenvalue weighted by Crippen LogP contribution is -2.29. The fraction of sp³-hybridized carbons (Fsp3) is 0.111. The molecular weight excluding hydrogens is 411 g/mol. The van der Waals surface area contributed by atoms with Gasteiger partial charge in [-0.05, 0) is 29.8 Å². The standard InChI is InChI=1S/C18H9ClF3N5O2/c19-17-25-10(8-27-14(28)11-3-1-2-4-12(11)15(27)29)5-13(26-17)9-6-23-16(24-7-9)18(20,21)22/h1-7H,8H2. The van der Waals surface area contributed by atoms with Gasteiger partial charge in [0.1, 0.15) is 0 Å². The van der Waals surface area contributed by atoms with Crippen molar-refractivity contribution in [1.29, 1.82) is 0 Å². The van der Waals surface area contributed by atoms with E-state index in [4.69, 9.17) is 11.6 Å². The number of hydrogen-bond acceptors (Lipinski definition) is 6. The molecule has 3 aromatic rings. The average Bonchev–Trinajstić information content (AvgIpc) is 2.92. The number of rotatable bonds is 3. The lowest BCUT2D eigenvalue weighted by Gasteiger charge is -2.14. The highest BCUT2D eigenvalue weighted by atomic mass is 35.5. The van der Waals surface area contributed by atoms with E-state index in [0.29, 0.717) is 0 Å². The van der Waals surface area contributed by atoms with E-state index < -0.39 is 23.8 Å². The topological polar surface area (TPSA) is 88.9 Å². The summed E-state index contributed by atoms with van der Waals surface area (Å²) in [7, 11) is 0. The Morgan fingerprint density at radius 3 is 2.10 bits per heavy atom. The molecule has 1 aliphatic heterocycles. The number of hydrogen-bond donors (Lipinski definition) is 0.